The van der Waals surface area contributed by atoms with E-state index in [0.29, 0.717) is 6.54 Å². The van der Waals surface area contributed by atoms with Crippen LogP contribution in [0.25, 0.3) is 0 Å². The standard InChI is InChI=1S/C17H29N3O/c1-5-20(6-2)12-15-9-7-14(8-10-15)11-19-17(21)16(18)13(3)4/h7-10,13,16H,5-6,11-12,18H2,1-4H3,(H,19,21). The maximum atomic E-state index is 11.8. The fourth-order valence-electron chi connectivity index (χ4n) is 2.08. The van der Waals surface area contributed by atoms with Crippen LogP contribution in [0.4, 0.5) is 0 Å². The summed E-state index contributed by atoms with van der Waals surface area (Å²) in [6.07, 6.45) is 0. The van der Waals surface area contributed by atoms with Crippen molar-refractivity contribution in [2.75, 3.05) is 13.1 Å². The van der Waals surface area contributed by atoms with Gasteiger partial charge in [0, 0.05) is 13.1 Å². The van der Waals surface area contributed by atoms with Gasteiger partial charge in [-0.1, -0.05) is 52.0 Å². The summed E-state index contributed by atoms with van der Waals surface area (Å²) in [6.45, 7) is 11.9. The molecule has 1 amide bonds. The predicted molar refractivity (Wildman–Crippen MR) is 87.7 cm³/mol. The van der Waals surface area contributed by atoms with Gasteiger partial charge < -0.3 is 11.1 Å². The number of nitrogens with one attached hydrogen (secondary N) is 1. The molecule has 0 aliphatic carbocycles. The number of amides is 1. The Morgan fingerprint density at radius 3 is 2.14 bits per heavy atom. The molecule has 0 bridgehead atoms. The Balaban J connectivity index is 2.49. The smallest absolute Gasteiger partial charge is 0.237 e. The van der Waals surface area contributed by atoms with Crippen molar-refractivity contribution in [3.63, 3.8) is 0 Å². The first-order valence-electron chi connectivity index (χ1n) is 7.81. The maximum Gasteiger partial charge on any atom is 0.237 e. The number of hydrogen-bond acceptors (Lipinski definition) is 3. The van der Waals surface area contributed by atoms with E-state index in [4.69, 9.17) is 5.73 Å². The van der Waals surface area contributed by atoms with Crippen molar-refractivity contribution in [3.8, 4) is 0 Å². The van der Waals surface area contributed by atoms with Gasteiger partial charge in [-0.15, -0.1) is 0 Å². The van der Waals surface area contributed by atoms with E-state index in [9.17, 15) is 4.79 Å². The first kappa shape index (κ1) is 17.7. The van der Waals surface area contributed by atoms with E-state index in [0.717, 1.165) is 25.2 Å². The molecule has 0 aliphatic heterocycles. The fourth-order valence-corrected chi connectivity index (χ4v) is 2.08. The van der Waals surface area contributed by atoms with Crippen molar-refractivity contribution in [1.29, 1.82) is 0 Å². The Morgan fingerprint density at radius 2 is 1.67 bits per heavy atom. The topological polar surface area (TPSA) is 58.4 Å². The Hall–Kier alpha value is -1.39. The van der Waals surface area contributed by atoms with Crippen LogP contribution in [0, 0.1) is 5.92 Å². The zero-order valence-corrected chi connectivity index (χ0v) is 13.7. The highest BCUT2D eigenvalue weighted by molar-refractivity contribution is 5.81. The van der Waals surface area contributed by atoms with E-state index in [1.165, 1.54) is 5.56 Å². The van der Waals surface area contributed by atoms with E-state index in [-0.39, 0.29) is 11.8 Å². The molecule has 0 aromatic heterocycles. The molecule has 0 radical (unpaired) electrons. The molecule has 0 spiro atoms. The number of benzene rings is 1. The van der Waals surface area contributed by atoms with Gasteiger partial charge in [0.15, 0.2) is 0 Å². The minimum absolute atomic E-state index is 0.0859. The average molecular weight is 291 g/mol. The molecular weight excluding hydrogens is 262 g/mol. The minimum atomic E-state index is -0.438. The molecule has 4 nitrogen and oxygen atoms in total. The highest BCUT2D eigenvalue weighted by Gasteiger charge is 2.16. The Labute approximate surface area is 128 Å². The quantitative estimate of drug-likeness (QED) is 0.771. The second kappa shape index (κ2) is 8.80. The summed E-state index contributed by atoms with van der Waals surface area (Å²) < 4.78 is 0. The van der Waals surface area contributed by atoms with Crippen molar-refractivity contribution < 1.29 is 4.79 Å². The molecule has 3 N–H and O–H groups in total. The third-order valence-corrected chi connectivity index (χ3v) is 3.81. The molecule has 0 aliphatic rings. The van der Waals surface area contributed by atoms with Crippen LogP contribution in [0.2, 0.25) is 0 Å². The zero-order valence-electron chi connectivity index (χ0n) is 13.7. The van der Waals surface area contributed by atoms with E-state index < -0.39 is 6.04 Å². The van der Waals surface area contributed by atoms with Crippen LogP contribution < -0.4 is 11.1 Å². The van der Waals surface area contributed by atoms with E-state index in [2.05, 4.69) is 48.3 Å². The summed E-state index contributed by atoms with van der Waals surface area (Å²) in [5, 5.41) is 2.89. The van der Waals surface area contributed by atoms with Crippen molar-refractivity contribution in [2.24, 2.45) is 11.7 Å². The summed E-state index contributed by atoms with van der Waals surface area (Å²) >= 11 is 0. The lowest BCUT2D eigenvalue weighted by Crippen LogP contribution is -2.43. The monoisotopic (exact) mass is 291 g/mol. The summed E-state index contributed by atoms with van der Waals surface area (Å²) in [4.78, 5) is 14.2. The van der Waals surface area contributed by atoms with Crippen LogP contribution >= 0.6 is 0 Å². The Bertz CT molecular complexity index is 424. The van der Waals surface area contributed by atoms with Crippen LogP contribution in [0.3, 0.4) is 0 Å². The number of carbonyl (C=O) groups excluding carboxylic acids is 1. The highest BCUT2D eigenvalue weighted by Crippen LogP contribution is 2.08. The van der Waals surface area contributed by atoms with E-state index in [1.54, 1.807) is 0 Å². The molecule has 1 unspecified atom stereocenters. The summed E-state index contributed by atoms with van der Waals surface area (Å²) in [5.74, 6) is 0.0682. The molecule has 4 heteroatoms. The highest BCUT2D eigenvalue weighted by atomic mass is 16.2. The van der Waals surface area contributed by atoms with Crippen LogP contribution in [0.15, 0.2) is 24.3 Å². The first-order chi connectivity index (χ1) is 9.97. The van der Waals surface area contributed by atoms with Gasteiger partial charge in [-0.2, -0.15) is 0 Å². The largest absolute Gasteiger partial charge is 0.351 e. The predicted octanol–water partition coefficient (Wildman–Crippen LogP) is 2.13. The molecule has 0 heterocycles. The van der Waals surface area contributed by atoms with E-state index in [1.807, 2.05) is 13.8 Å². The Kier molecular flexibility index (Phi) is 7.40. The van der Waals surface area contributed by atoms with E-state index >= 15 is 0 Å². The molecule has 1 rings (SSSR count). The molecule has 1 aromatic carbocycles. The molecule has 21 heavy (non-hydrogen) atoms. The molecular formula is C17H29N3O. The number of nitrogens with two attached hydrogens (primary N) is 1. The van der Waals surface area contributed by atoms with Gasteiger partial charge in [0.05, 0.1) is 6.04 Å². The number of nitrogens with zero attached hydrogens (tertiary/aromatic N) is 1. The first-order valence-corrected chi connectivity index (χ1v) is 7.81. The van der Waals surface area contributed by atoms with Gasteiger partial charge >= 0.3 is 0 Å². The zero-order chi connectivity index (χ0) is 15.8. The van der Waals surface area contributed by atoms with Crippen molar-refractivity contribution >= 4 is 5.91 Å². The van der Waals surface area contributed by atoms with Crippen LogP contribution in [-0.2, 0) is 17.9 Å². The van der Waals surface area contributed by atoms with Gasteiger partial charge in [0.25, 0.3) is 0 Å². The summed E-state index contributed by atoms with van der Waals surface area (Å²) in [7, 11) is 0. The van der Waals surface area contributed by atoms with Gasteiger partial charge in [-0.05, 0) is 30.1 Å². The second-order valence-corrected chi connectivity index (χ2v) is 5.77. The lowest BCUT2D eigenvalue weighted by Gasteiger charge is -2.18. The average Bonchev–Trinajstić information content (AvgIpc) is 2.50. The van der Waals surface area contributed by atoms with Gasteiger partial charge in [0.2, 0.25) is 5.91 Å². The Morgan fingerprint density at radius 1 is 1.14 bits per heavy atom. The molecule has 0 saturated heterocycles. The maximum absolute atomic E-state index is 11.8. The second-order valence-electron chi connectivity index (χ2n) is 5.77. The minimum Gasteiger partial charge on any atom is -0.351 e. The van der Waals surface area contributed by atoms with Crippen LogP contribution in [0.5, 0.6) is 0 Å². The summed E-state index contributed by atoms with van der Waals surface area (Å²) in [6, 6.07) is 7.96. The van der Waals surface area contributed by atoms with Crippen molar-refractivity contribution in [1.82, 2.24) is 10.2 Å². The van der Waals surface area contributed by atoms with Crippen LogP contribution in [0.1, 0.15) is 38.8 Å². The number of rotatable bonds is 8. The molecule has 1 aromatic rings. The lowest BCUT2D eigenvalue weighted by atomic mass is 10.0. The molecule has 0 fully saturated rings. The van der Waals surface area contributed by atoms with Gasteiger partial charge in [-0.3, -0.25) is 9.69 Å². The molecule has 1 atom stereocenters. The number of hydrogen-bond donors (Lipinski definition) is 2. The summed E-state index contributed by atoms with van der Waals surface area (Å²) in [5.41, 5.74) is 8.21. The van der Waals surface area contributed by atoms with Crippen LogP contribution in [-0.4, -0.2) is 29.9 Å². The molecule has 118 valence electrons. The SMILES string of the molecule is CCN(CC)Cc1ccc(CNC(=O)C(N)C(C)C)cc1. The van der Waals surface area contributed by atoms with Gasteiger partial charge in [-0.25, -0.2) is 0 Å². The number of carbonyl (C=O) groups is 1. The lowest BCUT2D eigenvalue weighted by molar-refractivity contribution is -0.123. The molecule has 0 saturated carbocycles. The normalized spacial score (nSPS) is 12.7. The van der Waals surface area contributed by atoms with Crippen molar-refractivity contribution in [2.45, 2.75) is 46.8 Å². The fraction of sp³-hybridized carbons (Fsp3) is 0.588. The van der Waals surface area contributed by atoms with Crippen molar-refractivity contribution in [3.05, 3.63) is 35.4 Å². The third kappa shape index (κ3) is 5.86. The third-order valence-electron chi connectivity index (χ3n) is 3.81. The van der Waals surface area contributed by atoms with Gasteiger partial charge in [0.1, 0.15) is 0 Å².